The van der Waals surface area contributed by atoms with Crippen LogP contribution in [0.3, 0.4) is 0 Å². The number of hydrogen-bond acceptors (Lipinski definition) is 4. The number of nitrogens with one attached hydrogen (secondary N) is 1. The van der Waals surface area contributed by atoms with Crippen LogP contribution in [0.4, 0.5) is 5.82 Å². The van der Waals surface area contributed by atoms with Gasteiger partial charge in [-0.05, 0) is 46.2 Å². The van der Waals surface area contributed by atoms with Crippen molar-refractivity contribution in [2.24, 2.45) is 7.05 Å². The number of hydrogen-bond donors (Lipinski definition) is 1. The van der Waals surface area contributed by atoms with E-state index >= 15 is 0 Å². The van der Waals surface area contributed by atoms with Gasteiger partial charge in [-0.2, -0.15) is 5.10 Å². The number of anilines is 1. The molecule has 5 aromatic rings. The SMILES string of the molecule is C=C(Nc1cc2cc(-c3cnn(C)c3)ccc2cn1)c1ccc2cnccc2c1. The molecule has 2 aromatic carbocycles. The lowest BCUT2D eigenvalue weighted by Crippen LogP contribution is -1.99. The third-order valence-corrected chi connectivity index (χ3v) is 5.03. The molecule has 5 rings (SSSR count). The van der Waals surface area contributed by atoms with Gasteiger partial charge >= 0.3 is 0 Å². The molecule has 0 aliphatic heterocycles. The Labute approximate surface area is 168 Å². The van der Waals surface area contributed by atoms with Crippen LogP contribution >= 0.6 is 0 Å². The monoisotopic (exact) mass is 377 g/mol. The van der Waals surface area contributed by atoms with E-state index in [1.165, 1.54) is 0 Å². The van der Waals surface area contributed by atoms with Gasteiger partial charge < -0.3 is 5.32 Å². The Morgan fingerprint density at radius 2 is 1.72 bits per heavy atom. The van der Waals surface area contributed by atoms with E-state index in [1.807, 2.05) is 54.7 Å². The molecule has 0 radical (unpaired) electrons. The van der Waals surface area contributed by atoms with E-state index in [0.717, 1.165) is 49.8 Å². The third-order valence-electron chi connectivity index (χ3n) is 5.03. The summed E-state index contributed by atoms with van der Waals surface area (Å²) >= 11 is 0. The van der Waals surface area contributed by atoms with Gasteiger partial charge in [-0.15, -0.1) is 0 Å². The molecule has 0 bridgehead atoms. The third kappa shape index (κ3) is 3.34. The Hall–Kier alpha value is -3.99. The van der Waals surface area contributed by atoms with Crippen LogP contribution in [0.2, 0.25) is 0 Å². The van der Waals surface area contributed by atoms with E-state index in [1.54, 1.807) is 6.20 Å². The van der Waals surface area contributed by atoms with Crippen molar-refractivity contribution in [3.8, 4) is 11.1 Å². The molecule has 0 aliphatic carbocycles. The summed E-state index contributed by atoms with van der Waals surface area (Å²) in [5.41, 5.74) is 4.05. The molecular formula is C24H19N5. The number of aryl methyl sites for hydroxylation is 1. The van der Waals surface area contributed by atoms with Gasteiger partial charge in [-0.3, -0.25) is 9.67 Å². The van der Waals surface area contributed by atoms with Crippen molar-refractivity contribution in [1.82, 2.24) is 19.7 Å². The number of fused-ring (bicyclic) bond motifs is 2. The zero-order valence-corrected chi connectivity index (χ0v) is 16.0. The quantitative estimate of drug-likeness (QED) is 0.464. The topological polar surface area (TPSA) is 55.6 Å². The highest BCUT2D eigenvalue weighted by molar-refractivity contribution is 5.90. The van der Waals surface area contributed by atoms with E-state index in [-0.39, 0.29) is 0 Å². The number of aromatic nitrogens is 4. The van der Waals surface area contributed by atoms with Crippen molar-refractivity contribution in [3.63, 3.8) is 0 Å². The fourth-order valence-electron chi connectivity index (χ4n) is 3.46. The highest BCUT2D eigenvalue weighted by atomic mass is 15.2. The van der Waals surface area contributed by atoms with Crippen molar-refractivity contribution in [2.75, 3.05) is 5.32 Å². The molecule has 140 valence electrons. The molecule has 5 heteroatoms. The van der Waals surface area contributed by atoms with E-state index in [0.29, 0.717) is 0 Å². The lowest BCUT2D eigenvalue weighted by molar-refractivity contribution is 0.768. The molecule has 0 saturated carbocycles. The number of pyridine rings is 2. The molecule has 5 nitrogen and oxygen atoms in total. The number of benzene rings is 2. The lowest BCUT2D eigenvalue weighted by atomic mass is 10.0. The maximum Gasteiger partial charge on any atom is 0.130 e. The molecule has 0 saturated heterocycles. The first-order chi connectivity index (χ1) is 14.2. The van der Waals surface area contributed by atoms with E-state index < -0.39 is 0 Å². The second kappa shape index (κ2) is 6.87. The molecular weight excluding hydrogens is 358 g/mol. The van der Waals surface area contributed by atoms with Crippen LogP contribution in [0.5, 0.6) is 0 Å². The molecule has 3 aromatic heterocycles. The first-order valence-electron chi connectivity index (χ1n) is 9.35. The Bertz CT molecular complexity index is 1370. The predicted molar refractivity (Wildman–Crippen MR) is 118 cm³/mol. The maximum atomic E-state index is 4.54. The van der Waals surface area contributed by atoms with Gasteiger partial charge in [0.1, 0.15) is 5.82 Å². The average molecular weight is 377 g/mol. The molecule has 0 amide bonds. The van der Waals surface area contributed by atoms with Gasteiger partial charge in [0.2, 0.25) is 0 Å². The summed E-state index contributed by atoms with van der Waals surface area (Å²) in [5.74, 6) is 0.765. The fraction of sp³-hybridized carbons (Fsp3) is 0.0417. The van der Waals surface area contributed by atoms with Crippen molar-refractivity contribution < 1.29 is 0 Å². The first kappa shape index (κ1) is 17.1. The molecule has 0 atom stereocenters. The summed E-state index contributed by atoms with van der Waals surface area (Å²) < 4.78 is 1.81. The summed E-state index contributed by atoms with van der Waals surface area (Å²) in [6.45, 7) is 4.20. The zero-order chi connectivity index (χ0) is 19.8. The minimum Gasteiger partial charge on any atom is -0.340 e. The Balaban J connectivity index is 1.45. The molecule has 0 fully saturated rings. The molecule has 0 unspecified atom stereocenters. The Morgan fingerprint density at radius 3 is 2.59 bits per heavy atom. The van der Waals surface area contributed by atoms with Crippen LogP contribution in [0.15, 0.2) is 86.1 Å². The smallest absolute Gasteiger partial charge is 0.130 e. The Morgan fingerprint density at radius 1 is 0.862 bits per heavy atom. The molecule has 0 spiro atoms. The van der Waals surface area contributed by atoms with Crippen molar-refractivity contribution in [2.45, 2.75) is 0 Å². The van der Waals surface area contributed by atoms with E-state index in [2.05, 4.69) is 57.3 Å². The number of rotatable bonds is 4. The summed E-state index contributed by atoms with van der Waals surface area (Å²) in [6, 6.07) is 16.6. The molecule has 3 heterocycles. The zero-order valence-electron chi connectivity index (χ0n) is 16.0. The van der Waals surface area contributed by atoms with E-state index in [9.17, 15) is 0 Å². The maximum absolute atomic E-state index is 4.54. The summed E-state index contributed by atoms with van der Waals surface area (Å²) in [7, 11) is 1.92. The summed E-state index contributed by atoms with van der Waals surface area (Å²) in [4.78, 5) is 8.70. The predicted octanol–water partition coefficient (Wildman–Crippen LogP) is 5.27. The van der Waals surface area contributed by atoms with Gasteiger partial charge in [0, 0.05) is 53.9 Å². The van der Waals surface area contributed by atoms with Crippen LogP contribution in [0, 0.1) is 0 Å². The average Bonchev–Trinajstić information content (AvgIpc) is 3.19. The minimum absolute atomic E-state index is 0.765. The standard InChI is InChI=1S/C24H19N5/c1-16(17-3-5-20-12-25-8-7-19(20)9-17)28-24-11-22-10-18(4-6-21(22)13-26-24)23-14-27-29(2)15-23/h3-15H,1H2,2H3,(H,26,28). The van der Waals surface area contributed by atoms with E-state index in [4.69, 9.17) is 0 Å². The van der Waals surface area contributed by atoms with Gasteiger partial charge in [0.15, 0.2) is 0 Å². The van der Waals surface area contributed by atoms with Crippen molar-refractivity contribution in [3.05, 3.63) is 91.7 Å². The first-order valence-corrected chi connectivity index (χ1v) is 9.35. The normalized spacial score (nSPS) is 11.1. The lowest BCUT2D eigenvalue weighted by Gasteiger charge is -2.11. The van der Waals surface area contributed by atoms with Gasteiger partial charge in [0.25, 0.3) is 0 Å². The minimum atomic E-state index is 0.765. The van der Waals surface area contributed by atoms with Gasteiger partial charge in [0.05, 0.1) is 6.20 Å². The second-order valence-corrected chi connectivity index (χ2v) is 7.08. The summed E-state index contributed by atoms with van der Waals surface area (Å²) in [6.07, 6.45) is 9.42. The van der Waals surface area contributed by atoms with Crippen molar-refractivity contribution in [1.29, 1.82) is 0 Å². The Kier molecular flexibility index (Phi) is 4.06. The van der Waals surface area contributed by atoms with Crippen LogP contribution in [-0.2, 0) is 7.05 Å². The van der Waals surface area contributed by atoms with Crippen LogP contribution in [0.1, 0.15) is 5.56 Å². The van der Waals surface area contributed by atoms with Crippen LogP contribution in [0.25, 0.3) is 38.4 Å². The molecule has 0 aliphatic rings. The van der Waals surface area contributed by atoms with Crippen LogP contribution in [-0.4, -0.2) is 19.7 Å². The number of nitrogens with zero attached hydrogens (tertiary/aromatic N) is 4. The van der Waals surface area contributed by atoms with Gasteiger partial charge in [-0.1, -0.05) is 30.8 Å². The van der Waals surface area contributed by atoms with Gasteiger partial charge in [-0.25, -0.2) is 4.98 Å². The van der Waals surface area contributed by atoms with Crippen molar-refractivity contribution >= 4 is 33.1 Å². The second-order valence-electron chi connectivity index (χ2n) is 7.08. The largest absolute Gasteiger partial charge is 0.340 e. The highest BCUT2D eigenvalue weighted by Gasteiger charge is 2.06. The summed E-state index contributed by atoms with van der Waals surface area (Å²) in [5, 5.41) is 12.0. The van der Waals surface area contributed by atoms with Crippen LogP contribution < -0.4 is 5.32 Å². The molecule has 29 heavy (non-hydrogen) atoms. The fourth-order valence-corrected chi connectivity index (χ4v) is 3.46. The highest BCUT2D eigenvalue weighted by Crippen LogP contribution is 2.26. The molecule has 1 N–H and O–H groups in total.